The quantitative estimate of drug-likeness (QED) is 0.239. The molecule has 0 atom stereocenters. The maximum absolute atomic E-state index is 13.0. The van der Waals surface area contributed by atoms with Gasteiger partial charge in [0.2, 0.25) is 0 Å². The Kier molecular flexibility index (Phi) is 3.08. The Labute approximate surface area is 85.1 Å². The predicted octanol–water partition coefficient (Wildman–Crippen LogP) is 4.32. The number of nitrogens with zero attached hydrogens (tertiary/aromatic N) is 3. The Morgan fingerprint density at radius 1 is 1.54 bits per heavy atom. The van der Waals surface area contributed by atoms with Crippen LogP contribution >= 0.6 is 27.5 Å². The van der Waals surface area contributed by atoms with Crippen LogP contribution in [0.25, 0.3) is 10.4 Å². The van der Waals surface area contributed by atoms with Gasteiger partial charge in [-0.3, -0.25) is 0 Å². The van der Waals surface area contributed by atoms with Crippen molar-refractivity contribution in [2.75, 3.05) is 0 Å². The zero-order valence-electron chi connectivity index (χ0n) is 5.93. The third-order valence-corrected chi connectivity index (χ3v) is 2.23. The van der Waals surface area contributed by atoms with Crippen LogP contribution in [0.4, 0.5) is 14.5 Å². The number of halogens is 4. The minimum absolute atomic E-state index is 0.282. The van der Waals surface area contributed by atoms with Gasteiger partial charge in [0.25, 0.3) is 0 Å². The second-order valence-electron chi connectivity index (χ2n) is 2.01. The first-order valence-corrected chi connectivity index (χ1v) is 4.13. The van der Waals surface area contributed by atoms with Gasteiger partial charge in [-0.1, -0.05) is 16.7 Å². The summed E-state index contributed by atoms with van der Waals surface area (Å²) in [4.78, 5) is 2.34. The van der Waals surface area contributed by atoms with E-state index < -0.39 is 17.3 Å². The molecule has 0 unspecified atom stereocenters. The number of hydrogen-bond donors (Lipinski definition) is 0. The highest BCUT2D eigenvalue weighted by atomic mass is 79.9. The molecular formula is C6HBrClF2N3. The van der Waals surface area contributed by atoms with E-state index >= 15 is 0 Å². The zero-order valence-corrected chi connectivity index (χ0v) is 8.27. The molecule has 0 aliphatic carbocycles. The molecule has 0 radical (unpaired) electrons. The summed E-state index contributed by atoms with van der Waals surface area (Å²) >= 11 is 8.03. The van der Waals surface area contributed by atoms with Crippen molar-refractivity contribution < 1.29 is 8.78 Å². The van der Waals surface area contributed by atoms with Crippen LogP contribution < -0.4 is 0 Å². The van der Waals surface area contributed by atoms with Crippen LogP contribution in [0, 0.1) is 11.6 Å². The van der Waals surface area contributed by atoms with Crippen LogP contribution in [0.1, 0.15) is 0 Å². The predicted molar refractivity (Wildman–Crippen MR) is 47.9 cm³/mol. The lowest BCUT2D eigenvalue weighted by Crippen LogP contribution is -1.84. The second kappa shape index (κ2) is 3.91. The van der Waals surface area contributed by atoms with Crippen molar-refractivity contribution in [2.45, 2.75) is 0 Å². The first-order chi connectivity index (χ1) is 6.07. The molecule has 0 aliphatic rings. The molecule has 7 heteroatoms. The fourth-order valence-corrected chi connectivity index (χ4v) is 1.48. The Hall–Kier alpha value is -0.840. The van der Waals surface area contributed by atoms with Crippen LogP contribution in [-0.4, -0.2) is 0 Å². The van der Waals surface area contributed by atoms with Crippen LogP contribution in [0.3, 0.4) is 0 Å². The molecule has 1 aromatic rings. The first kappa shape index (κ1) is 10.2. The Bertz CT molecular complexity index is 403. The molecule has 0 saturated carbocycles. The van der Waals surface area contributed by atoms with Crippen molar-refractivity contribution in [3.05, 3.63) is 37.6 Å². The molecular weight excluding hydrogens is 267 g/mol. The van der Waals surface area contributed by atoms with Crippen LogP contribution in [-0.2, 0) is 0 Å². The molecule has 68 valence electrons. The van der Waals surface area contributed by atoms with Crippen molar-refractivity contribution in [3.8, 4) is 0 Å². The molecule has 0 fully saturated rings. The Morgan fingerprint density at radius 2 is 2.15 bits per heavy atom. The van der Waals surface area contributed by atoms with E-state index in [1.54, 1.807) is 0 Å². The topological polar surface area (TPSA) is 48.8 Å². The molecule has 3 nitrogen and oxygen atoms in total. The summed E-state index contributed by atoms with van der Waals surface area (Å²) in [6.07, 6.45) is 0. The maximum atomic E-state index is 13.0. The summed E-state index contributed by atoms with van der Waals surface area (Å²) in [5, 5.41) is 2.59. The highest BCUT2D eigenvalue weighted by Crippen LogP contribution is 2.35. The van der Waals surface area contributed by atoms with E-state index in [-0.39, 0.29) is 9.50 Å². The number of azide groups is 1. The summed E-state index contributed by atoms with van der Waals surface area (Å²) in [5.74, 6) is -1.73. The van der Waals surface area contributed by atoms with Gasteiger partial charge in [-0.25, -0.2) is 8.78 Å². The van der Waals surface area contributed by atoms with Crippen LogP contribution in [0.15, 0.2) is 15.7 Å². The Balaban J connectivity index is 3.52. The van der Waals surface area contributed by atoms with Gasteiger partial charge in [0.1, 0.15) is 5.82 Å². The standard InChI is InChI=1S/C6HBrClF2N3/c7-4-5(10)2(8)1-3(9)6(4)12-13-11/h1H. The smallest absolute Gasteiger partial charge is 0.156 e. The molecule has 0 aromatic heterocycles. The van der Waals surface area contributed by atoms with Gasteiger partial charge in [-0.15, -0.1) is 0 Å². The fourth-order valence-electron chi connectivity index (χ4n) is 0.693. The van der Waals surface area contributed by atoms with E-state index in [9.17, 15) is 8.78 Å². The van der Waals surface area contributed by atoms with Crippen molar-refractivity contribution in [1.29, 1.82) is 0 Å². The minimum atomic E-state index is -0.879. The third-order valence-electron chi connectivity index (χ3n) is 1.23. The minimum Gasteiger partial charge on any atom is -0.206 e. The van der Waals surface area contributed by atoms with Crippen LogP contribution in [0.2, 0.25) is 5.02 Å². The molecule has 13 heavy (non-hydrogen) atoms. The molecule has 0 bridgehead atoms. The van der Waals surface area contributed by atoms with Gasteiger partial charge in [0.05, 0.1) is 15.2 Å². The number of hydrogen-bond acceptors (Lipinski definition) is 1. The summed E-state index contributed by atoms with van der Waals surface area (Å²) in [6, 6.07) is 0.742. The van der Waals surface area contributed by atoms with Crippen molar-refractivity contribution in [3.63, 3.8) is 0 Å². The lowest BCUT2D eigenvalue weighted by Gasteiger charge is -2.02. The van der Waals surface area contributed by atoms with Crippen molar-refractivity contribution in [1.82, 2.24) is 0 Å². The molecule has 1 aromatic carbocycles. The molecule has 0 saturated heterocycles. The number of rotatable bonds is 1. The summed E-state index contributed by atoms with van der Waals surface area (Å²) in [5.41, 5.74) is 7.60. The average molecular weight is 268 g/mol. The summed E-state index contributed by atoms with van der Waals surface area (Å²) < 4.78 is 25.6. The van der Waals surface area contributed by atoms with Gasteiger partial charge < -0.3 is 0 Å². The summed E-state index contributed by atoms with van der Waals surface area (Å²) in [6.45, 7) is 0. The van der Waals surface area contributed by atoms with Crippen molar-refractivity contribution >= 4 is 33.2 Å². The SMILES string of the molecule is [N-]=[N+]=Nc1c(F)cc(Cl)c(F)c1Br. The molecule has 0 amide bonds. The van der Waals surface area contributed by atoms with Gasteiger partial charge in [-0.05, 0) is 27.5 Å². The first-order valence-electron chi connectivity index (χ1n) is 2.96. The lowest BCUT2D eigenvalue weighted by molar-refractivity contribution is 0.596. The van der Waals surface area contributed by atoms with E-state index in [4.69, 9.17) is 17.1 Å². The number of benzene rings is 1. The van der Waals surface area contributed by atoms with Gasteiger partial charge in [-0.2, -0.15) is 0 Å². The van der Waals surface area contributed by atoms with Crippen LogP contribution in [0.5, 0.6) is 0 Å². The maximum Gasteiger partial charge on any atom is 0.156 e. The van der Waals surface area contributed by atoms with Gasteiger partial charge in [0, 0.05) is 4.91 Å². The van der Waals surface area contributed by atoms with E-state index in [0.29, 0.717) is 0 Å². The van der Waals surface area contributed by atoms with E-state index in [2.05, 4.69) is 26.0 Å². The second-order valence-corrected chi connectivity index (χ2v) is 3.21. The zero-order chi connectivity index (χ0) is 10.0. The van der Waals surface area contributed by atoms with E-state index in [1.165, 1.54) is 0 Å². The van der Waals surface area contributed by atoms with Gasteiger partial charge in [0.15, 0.2) is 5.82 Å². The van der Waals surface area contributed by atoms with Crippen molar-refractivity contribution in [2.24, 2.45) is 5.11 Å². The molecule has 0 N–H and O–H groups in total. The summed E-state index contributed by atoms with van der Waals surface area (Å²) in [7, 11) is 0. The largest absolute Gasteiger partial charge is 0.206 e. The lowest BCUT2D eigenvalue weighted by atomic mass is 10.3. The van der Waals surface area contributed by atoms with E-state index in [1.807, 2.05) is 0 Å². The monoisotopic (exact) mass is 267 g/mol. The molecule has 1 rings (SSSR count). The van der Waals surface area contributed by atoms with Gasteiger partial charge >= 0.3 is 0 Å². The fraction of sp³-hybridized carbons (Fsp3) is 0. The highest BCUT2D eigenvalue weighted by Gasteiger charge is 2.14. The molecule has 0 heterocycles. The Morgan fingerprint density at radius 3 is 2.69 bits per heavy atom. The molecule has 0 spiro atoms. The average Bonchev–Trinajstić information content (AvgIpc) is 2.09. The third kappa shape index (κ3) is 1.91. The normalized spacial score (nSPS) is 9.54. The van der Waals surface area contributed by atoms with E-state index in [0.717, 1.165) is 6.07 Å². The molecule has 0 aliphatic heterocycles. The highest BCUT2D eigenvalue weighted by molar-refractivity contribution is 9.10.